The first-order chi connectivity index (χ1) is 11.7. The quantitative estimate of drug-likeness (QED) is 0.631. The van der Waals surface area contributed by atoms with Gasteiger partial charge >= 0.3 is 0 Å². The first kappa shape index (κ1) is 15.0. The van der Waals surface area contributed by atoms with Crippen LogP contribution in [0.15, 0.2) is 77.7 Å². The van der Waals surface area contributed by atoms with E-state index < -0.39 is 11.4 Å². The van der Waals surface area contributed by atoms with E-state index in [1.165, 1.54) is 0 Å². The Morgan fingerprint density at radius 3 is 2.33 bits per heavy atom. The fourth-order valence-electron chi connectivity index (χ4n) is 2.99. The second kappa shape index (κ2) is 5.82. The summed E-state index contributed by atoms with van der Waals surface area (Å²) >= 11 is -1.43. The smallest absolute Gasteiger partial charge is 0.200 e. The van der Waals surface area contributed by atoms with Gasteiger partial charge in [-0.3, -0.25) is 4.79 Å². The molecule has 0 aliphatic carbocycles. The van der Waals surface area contributed by atoms with Crippen LogP contribution in [0.25, 0.3) is 11.1 Å². The maximum absolute atomic E-state index is 13.0. The first-order valence-corrected chi connectivity index (χ1v) is 8.76. The Morgan fingerprint density at radius 1 is 0.833 bits per heavy atom. The molecule has 0 radical (unpaired) electrons. The van der Waals surface area contributed by atoms with Gasteiger partial charge in [0.25, 0.3) is 0 Å². The monoisotopic (exact) mass is 333 g/mol. The second-order valence-corrected chi connectivity index (χ2v) is 7.16. The van der Waals surface area contributed by atoms with Crippen LogP contribution in [-0.2, 0) is 11.4 Å². The predicted molar refractivity (Wildman–Crippen MR) is 96.6 cm³/mol. The topological polar surface area (TPSA) is 43.4 Å². The van der Waals surface area contributed by atoms with E-state index in [2.05, 4.69) is 0 Å². The number of fused-ring (bicyclic) bond motifs is 2. The van der Waals surface area contributed by atoms with Crippen LogP contribution in [0.4, 0.5) is 5.69 Å². The van der Waals surface area contributed by atoms with Crippen molar-refractivity contribution >= 4 is 22.8 Å². The van der Waals surface area contributed by atoms with E-state index in [9.17, 15) is 9.35 Å². The van der Waals surface area contributed by atoms with E-state index in [-0.39, 0.29) is 5.78 Å². The summed E-state index contributed by atoms with van der Waals surface area (Å²) in [4.78, 5) is 13.5. The summed E-state index contributed by atoms with van der Waals surface area (Å²) in [5, 5.41) is 0. The van der Waals surface area contributed by atoms with Gasteiger partial charge < -0.3 is 4.55 Å². The number of hydrogen-bond acceptors (Lipinski definition) is 3. The summed E-state index contributed by atoms with van der Waals surface area (Å²) < 4.78 is 14.7. The van der Waals surface area contributed by atoms with Gasteiger partial charge in [-0.25, -0.2) is 0 Å². The van der Waals surface area contributed by atoms with Crippen molar-refractivity contribution in [3.05, 3.63) is 83.9 Å². The number of rotatable bonds is 1. The molecule has 118 valence electrons. The van der Waals surface area contributed by atoms with Crippen LogP contribution >= 0.6 is 0 Å². The third kappa shape index (κ3) is 2.31. The lowest BCUT2D eigenvalue weighted by Crippen LogP contribution is -2.26. The molecule has 3 aromatic rings. The van der Waals surface area contributed by atoms with Crippen LogP contribution in [0.2, 0.25) is 0 Å². The largest absolute Gasteiger partial charge is 0.588 e. The molecule has 0 saturated carbocycles. The van der Waals surface area contributed by atoms with Gasteiger partial charge in [-0.1, -0.05) is 48.5 Å². The number of benzene rings is 3. The Bertz CT molecular complexity index is 924. The average Bonchev–Trinajstić information content (AvgIpc) is 2.73. The number of nitrogens with zero attached hydrogens (tertiary/aromatic N) is 1. The van der Waals surface area contributed by atoms with Gasteiger partial charge in [-0.2, -0.15) is 4.31 Å². The number of anilines is 1. The number of hydrogen-bond donors (Lipinski definition) is 0. The van der Waals surface area contributed by atoms with Crippen LogP contribution in [0.3, 0.4) is 0 Å². The highest BCUT2D eigenvalue weighted by atomic mass is 32.2. The molecule has 1 aliphatic rings. The molecule has 1 heterocycles. The van der Waals surface area contributed by atoms with Gasteiger partial charge in [0.2, 0.25) is 0 Å². The average molecular weight is 333 g/mol. The van der Waals surface area contributed by atoms with E-state index in [0.29, 0.717) is 21.7 Å². The standard InChI is InChI=1S/C20H15NO2S/c1-21-18-10-6-5-9-16(18)20(22)17-12-11-15(13-19(17)24(21)23)14-7-3-2-4-8-14/h2-13H,1H3. The Balaban J connectivity index is 1.91. The van der Waals surface area contributed by atoms with Crippen LogP contribution in [0.1, 0.15) is 15.9 Å². The highest BCUT2D eigenvalue weighted by Gasteiger charge is 2.33. The van der Waals surface area contributed by atoms with Crippen molar-refractivity contribution in [2.75, 3.05) is 11.4 Å². The van der Waals surface area contributed by atoms with Crippen molar-refractivity contribution in [1.29, 1.82) is 0 Å². The van der Waals surface area contributed by atoms with Crippen LogP contribution in [0.5, 0.6) is 0 Å². The van der Waals surface area contributed by atoms with E-state index in [1.807, 2.05) is 60.7 Å². The van der Waals surface area contributed by atoms with Crippen LogP contribution in [-0.4, -0.2) is 17.4 Å². The van der Waals surface area contributed by atoms with Crippen molar-refractivity contribution in [1.82, 2.24) is 0 Å². The molecular weight excluding hydrogens is 318 g/mol. The van der Waals surface area contributed by atoms with E-state index in [0.717, 1.165) is 11.1 Å². The lowest BCUT2D eigenvalue weighted by molar-refractivity contribution is 0.103. The third-order valence-electron chi connectivity index (χ3n) is 4.26. The maximum atomic E-state index is 13.0. The van der Waals surface area contributed by atoms with Gasteiger partial charge in [-0.05, 0) is 29.3 Å². The fourth-order valence-corrected chi connectivity index (χ4v) is 4.20. The molecule has 0 bridgehead atoms. The van der Waals surface area contributed by atoms with Crippen LogP contribution < -0.4 is 4.31 Å². The molecule has 4 rings (SSSR count). The van der Waals surface area contributed by atoms with Crippen molar-refractivity contribution < 1.29 is 9.35 Å². The van der Waals surface area contributed by atoms with Crippen molar-refractivity contribution in [3.8, 4) is 11.1 Å². The third-order valence-corrected chi connectivity index (χ3v) is 5.67. The summed E-state index contributed by atoms with van der Waals surface area (Å²) in [6, 6.07) is 22.7. The molecule has 0 N–H and O–H groups in total. The minimum Gasteiger partial charge on any atom is -0.588 e. The molecule has 1 atom stereocenters. The molecule has 4 heteroatoms. The zero-order valence-electron chi connectivity index (χ0n) is 13.1. The molecule has 3 nitrogen and oxygen atoms in total. The Labute approximate surface area is 143 Å². The van der Waals surface area contributed by atoms with Gasteiger partial charge in [0.1, 0.15) is 11.4 Å². The molecule has 0 fully saturated rings. The summed E-state index contributed by atoms with van der Waals surface area (Å²) in [6.07, 6.45) is 0. The van der Waals surface area contributed by atoms with Gasteiger partial charge in [-0.15, -0.1) is 0 Å². The molecule has 0 amide bonds. The molecule has 24 heavy (non-hydrogen) atoms. The summed E-state index contributed by atoms with van der Waals surface area (Å²) in [7, 11) is 1.76. The highest BCUT2D eigenvalue weighted by molar-refractivity contribution is 7.93. The molecule has 0 saturated heterocycles. The molecular formula is C20H15NO2S. The highest BCUT2D eigenvalue weighted by Crippen LogP contribution is 2.35. The Hall–Kier alpha value is -2.56. The van der Waals surface area contributed by atoms with Crippen molar-refractivity contribution in [3.63, 3.8) is 0 Å². The first-order valence-electron chi connectivity index (χ1n) is 7.65. The van der Waals surface area contributed by atoms with Gasteiger partial charge in [0.15, 0.2) is 10.7 Å². The number of carbonyl (C=O) groups is 1. The molecule has 3 aromatic carbocycles. The number of ketones is 1. The Morgan fingerprint density at radius 2 is 1.54 bits per heavy atom. The maximum Gasteiger partial charge on any atom is 0.200 e. The van der Waals surface area contributed by atoms with Gasteiger partial charge in [0, 0.05) is 6.07 Å². The molecule has 1 aliphatic heterocycles. The SMILES string of the molecule is CN1c2ccccc2C(=O)c2ccc(-c3ccccc3)cc2[S+]1[O-]. The molecule has 0 spiro atoms. The van der Waals surface area contributed by atoms with E-state index >= 15 is 0 Å². The van der Waals surface area contributed by atoms with Gasteiger partial charge in [0.05, 0.1) is 23.9 Å². The van der Waals surface area contributed by atoms with E-state index in [1.54, 1.807) is 23.5 Å². The fraction of sp³-hybridized carbons (Fsp3) is 0.0500. The van der Waals surface area contributed by atoms with E-state index in [4.69, 9.17) is 0 Å². The normalized spacial score (nSPS) is 16.3. The summed E-state index contributed by atoms with van der Waals surface area (Å²) in [5.41, 5.74) is 3.77. The molecule has 1 unspecified atom stereocenters. The van der Waals surface area contributed by atoms with Crippen LogP contribution in [0, 0.1) is 0 Å². The minimum absolute atomic E-state index is 0.0853. The summed E-state index contributed by atoms with van der Waals surface area (Å²) in [6.45, 7) is 0. The zero-order valence-corrected chi connectivity index (χ0v) is 13.9. The second-order valence-electron chi connectivity index (χ2n) is 5.67. The number of para-hydroxylation sites is 1. The zero-order chi connectivity index (χ0) is 16.7. The Kier molecular flexibility index (Phi) is 3.63. The van der Waals surface area contributed by atoms with Crippen molar-refractivity contribution in [2.24, 2.45) is 0 Å². The summed E-state index contributed by atoms with van der Waals surface area (Å²) in [5.74, 6) is -0.0853. The van der Waals surface area contributed by atoms with Crippen molar-refractivity contribution in [2.45, 2.75) is 4.90 Å². The minimum atomic E-state index is -1.43. The number of carbonyl (C=O) groups excluding carboxylic acids is 1. The predicted octanol–water partition coefficient (Wildman–Crippen LogP) is 4.06. The lowest BCUT2D eigenvalue weighted by atomic mass is 9.98. The molecule has 0 aromatic heterocycles. The lowest BCUT2D eigenvalue weighted by Gasteiger charge is -2.21.